The van der Waals surface area contributed by atoms with Crippen molar-refractivity contribution in [2.75, 3.05) is 0 Å². The summed E-state index contributed by atoms with van der Waals surface area (Å²) in [5.41, 5.74) is 2.35. The molecule has 0 N–H and O–H groups in total. The predicted octanol–water partition coefficient (Wildman–Crippen LogP) is 4.76. The molecule has 8 heteroatoms. The van der Waals surface area contributed by atoms with Gasteiger partial charge in [0.05, 0.1) is 17.9 Å². The van der Waals surface area contributed by atoms with Crippen molar-refractivity contribution in [1.29, 1.82) is 0 Å². The highest BCUT2D eigenvalue weighted by molar-refractivity contribution is 7.15. The van der Waals surface area contributed by atoms with E-state index in [4.69, 9.17) is 11.6 Å². The Bertz CT molecular complexity index is 1040. The minimum atomic E-state index is -0.587. The SMILES string of the molecule is Cc1nc(-c2ccc(Cl)cc2)sc1CN(C(=O)c1c(C)nn(C)c1F)C1CC1. The fraction of sp³-hybridized carbons (Fsp3) is 0.350. The van der Waals surface area contributed by atoms with E-state index < -0.39 is 5.95 Å². The maximum absolute atomic E-state index is 14.4. The molecule has 2 heterocycles. The fourth-order valence-corrected chi connectivity index (χ4v) is 4.41. The second-order valence-electron chi connectivity index (χ2n) is 7.07. The van der Waals surface area contributed by atoms with Crippen LogP contribution in [0.3, 0.4) is 0 Å². The van der Waals surface area contributed by atoms with Crippen LogP contribution in [0.5, 0.6) is 0 Å². The summed E-state index contributed by atoms with van der Waals surface area (Å²) in [6.07, 6.45) is 1.88. The van der Waals surface area contributed by atoms with Crippen molar-refractivity contribution >= 4 is 28.8 Å². The normalized spacial score (nSPS) is 13.8. The molecule has 0 radical (unpaired) electrons. The zero-order valence-corrected chi connectivity index (χ0v) is 17.4. The number of thiazole rings is 1. The lowest BCUT2D eigenvalue weighted by molar-refractivity contribution is 0.0725. The summed E-state index contributed by atoms with van der Waals surface area (Å²) in [6, 6.07) is 7.68. The van der Waals surface area contributed by atoms with Crippen LogP contribution in [0.25, 0.3) is 10.6 Å². The monoisotopic (exact) mass is 418 g/mol. The number of aryl methyl sites for hydroxylation is 3. The highest BCUT2D eigenvalue weighted by atomic mass is 35.5. The number of amides is 1. The summed E-state index contributed by atoms with van der Waals surface area (Å²) in [4.78, 5) is 20.5. The van der Waals surface area contributed by atoms with Gasteiger partial charge in [-0.3, -0.25) is 4.79 Å². The maximum Gasteiger partial charge on any atom is 0.261 e. The van der Waals surface area contributed by atoms with Crippen LogP contribution in [0.1, 0.15) is 39.5 Å². The van der Waals surface area contributed by atoms with Crippen LogP contribution in [0.15, 0.2) is 24.3 Å². The predicted molar refractivity (Wildman–Crippen MR) is 108 cm³/mol. The molecule has 1 aliphatic rings. The number of carbonyl (C=O) groups is 1. The van der Waals surface area contributed by atoms with Gasteiger partial charge in [-0.25, -0.2) is 9.67 Å². The third-order valence-electron chi connectivity index (χ3n) is 4.91. The molecule has 1 fully saturated rings. The average molecular weight is 419 g/mol. The molecular weight excluding hydrogens is 399 g/mol. The quantitative estimate of drug-likeness (QED) is 0.600. The molecule has 0 spiro atoms. The molecular formula is C20H20ClFN4OS. The van der Waals surface area contributed by atoms with E-state index in [1.54, 1.807) is 23.2 Å². The second-order valence-corrected chi connectivity index (χ2v) is 8.59. The number of hydrogen-bond donors (Lipinski definition) is 0. The zero-order valence-electron chi connectivity index (χ0n) is 15.9. The van der Waals surface area contributed by atoms with Crippen molar-refractivity contribution in [2.45, 2.75) is 39.3 Å². The van der Waals surface area contributed by atoms with E-state index in [2.05, 4.69) is 10.1 Å². The van der Waals surface area contributed by atoms with Crippen LogP contribution < -0.4 is 0 Å². The largest absolute Gasteiger partial charge is 0.330 e. The average Bonchev–Trinajstić information content (AvgIpc) is 3.38. The van der Waals surface area contributed by atoms with Crippen molar-refractivity contribution in [1.82, 2.24) is 19.7 Å². The van der Waals surface area contributed by atoms with Gasteiger partial charge in [-0.05, 0) is 38.8 Å². The lowest BCUT2D eigenvalue weighted by Gasteiger charge is -2.21. The van der Waals surface area contributed by atoms with E-state index >= 15 is 0 Å². The second kappa shape index (κ2) is 7.29. The van der Waals surface area contributed by atoms with Crippen LogP contribution >= 0.6 is 22.9 Å². The topological polar surface area (TPSA) is 51.0 Å². The van der Waals surface area contributed by atoms with Crippen molar-refractivity contribution in [2.24, 2.45) is 7.05 Å². The van der Waals surface area contributed by atoms with Crippen LogP contribution in [0.4, 0.5) is 4.39 Å². The molecule has 1 aromatic carbocycles. The Balaban J connectivity index is 1.62. The molecule has 146 valence electrons. The molecule has 4 rings (SSSR count). The van der Waals surface area contributed by atoms with Gasteiger partial charge in [0, 0.05) is 28.6 Å². The van der Waals surface area contributed by atoms with Gasteiger partial charge in [-0.2, -0.15) is 9.49 Å². The maximum atomic E-state index is 14.4. The fourth-order valence-electron chi connectivity index (χ4n) is 3.21. The minimum absolute atomic E-state index is 0.0643. The summed E-state index contributed by atoms with van der Waals surface area (Å²) < 4.78 is 15.5. The molecule has 0 unspecified atom stereocenters. The summed E-state index contributed by atoms with van der Waals surface area (Å²) in [5.74, 6) is -0.887. The third-order valence-corrected chi connectivity index (χ3v) is 6.36. The Morgan fingerprint density at radius 1 is 1.29 bits per heavy atom. The Kier molecular flexibility index (Phi) is 4.97. The lowest BCUT2D eigenvalue weighted by atomic mass is 10.2. The standard InChI is InChI=1S/C20H20ClFN4OS/c1-11-16(28-19(23-11)13-4-6-14(21)7-5-13)10-26(15-8-9-15)20(27)17-12(2)24-25(3)18(17)22/h4-7,15H,8-10H2,1-3H3. The Morgan fingerprint density at radius 3 is 2.54 bits per heavy atom. The van der Waals surface area contributed by atoms with Crippen molar-refractivity contribution in [3.63, 3.8) is 0 Å². The van der Waals surface area contributed by atoms with E-state index in [-0.39, 0.29) is 17.5 Å². The van der Waals surface area contributed by atoms with E-state index in [0.29, 0.717) is 17.3 Å². The van der Waals surface area contributed by atoms with Crippen LogP contribution in [-0.2, 0) is 13.6 Å². The molecule has 0 saturated heterocycles. The highest BCUT2D eigenvalue weighted by Crippen LogP contribution is 2.34. The van der Waals surface area contributed by atoms with Gasteiger partial charge in [0.2, 0.25) is 5.95 Å². The third kappa shape index (κ3) is 3.56. The summed E-state index contributed by atoms with van der Waals surface area (Å²) in [6.45, 7) is 4.03. The molecule has 0 aliphatic heterocycles. The number of aromatic nitrogens is 3. The van der Waals surface area contributed by atoms with E-state index in [0.717, 1.165) is 38.7 Å². The summed E-state index contributed by atoms with van der Waals surface area (Å²) >= 11 is 7.52. The van der Waals surface area contributed by atoms with Gasteiger partial charge in [0.25, 0.3) is 5.91 Å². The first-order valence-electron chi connectivity index (χ1n) is 9.07. The number of benzene rings is 1. The molecule has 5 nitrogen and oxygen atoms in total. The molecule has 28 heavy (non-hydrogen) atoms. The van der Waals surface area contributed by atoms with Crippen LogP contribution in [0, 0.1) is 19.8 Å². The first-order valence-corrected chi connectivity index (χ1v) is 10.3. The Hall–Kier alpha value is -2.25. The van der Waals surface area contributed by atoms with Crippen LogP contribution in [0.2, 0.25) is 5.02 Å². The number of halogens is 2. The molecule has 0 atom stereocenters. The summed E-state index contributed by atoms with van der Waals surface area (Å²) in [5, 5.41) is 5.61. The van der Waals surface area contributed by atoms with Gasteiger partial charge in [0.1, 0.15) is 10.6 Å². The molecule has 1 aliphatic carbocycles. The first-order chi connectivity index (χ1) is 13.3. The zero-order chi connectivity index (χ0) is 20.0. The van der Waals surface area contributed by atoms with Crippen molar-refractivity contribution in [3.05, 3.63) is 57.1 Å². The smallest absolute Gasteiger partial charge is 0.261 e. The highest BCUT2D eigenvalue weighted by Gasteiger charge is 2.36. The van der Waals surface area contributed by atoms with E-state index in [1.807, 2.05) is 31.2 Å². The van der Waals surface area contributed by atoms with Gasteiger partial charge in [-0.15, -0.1) is 11.3 Å². The number of carbonyl (C=O) groups excluding carboxylic acids is 1. The van der Waals surface area contributed by atoms with Crippen molar-refractivity contribution in [3.8, 4) is 10.6 Å². The minimum Gasteiger partial charge on any atom is -0.330 e. The van der Waals surface area contributed by atoms with Crippen molar-refractivity contribution < 1.29 is 9.18 Å². The lowest BCUT2D eigenvalue weighted by Crippen LogP contribution is -2.33. The summed E-state index contributed by atoms with van der Waals surface area (Å²) in [7, 11) is 1.51. The molecule has 2 aromatic heterocycles. The van der Waals surface area contributed by atoms with E-state index in [9.17, 15) is 9.18 Å². The molecule has 0 bridgehead atoms. The van der Waals surface area contributed by atoms with Gasteiger partial charge >= 0.3 is 0 Å². The van der Waals surface area contributed by atoms with Crippen LogP contribution in [-0.4, -0.2) is 31.6 Å². The molecule has 3 aromatic rings. The molecule has 1 amide bonds. The Morgan fingerprint density at radius 2 is 1.96 bits per heavy atom. The van der Waals surface area contributed by atoms with E-state index in [1.165, 1.54) is 7.05 Å². The number of hydrogen-bond acceptors (Lipinski definition) is 4. The van der Waals surface area contributed by atoms with Gasteiger partial charge in [0.15, 0.2) is 0 Å². The van der Waals surface area contributed by atoms with Gasteiger partial charge in [-0.1, -0.05) is 23.7 Å². The number of rotatable bonds is 5. The Labute approximate surface area is 171 Å². The first kappa shape index (κ1) is 19.1. The number of nitrogens with zero attached hydrogens (tertiary/aromatic N) is 4. The molecule has 1 saturated carbocycles. The van der Waals surface area contributed by atoms with Gasteiger partial charge < -0.3 is 4.90 Å².